The molecule has 8 heteroatoms. The van der Waals surface area contributed by atoms with Crippen LogP contribution < -0.4 is 15.8 Å². The zero-order chi connectivity index (χ0) is 12.3. The average molecular weight is 308 g/mol. The van der Waals surface area contributed by atoms with Crippen LogP contribution in [0.3, 0.4) is 0 Å². The molecule has 0 radical (unpaired) electrons. The Balaban J connectivity index is 3.13. The van der Waals surface area contributed by atoms with Crippen LogP contribution >= 0.6 is 15.9 Å². The van der Waals surface area contributed by atoms with Crippen molar-refractivity contribution in [2.75, 3.05) is 12.8 Å². The number of amides is 2. The first kappa shape index (κ1) is 12.8. The Bertz CT molecular complexity index is 515. The minimum atomic E-state index is -3.93. The topological polar surface area (TPSA) is 101 Å². The van der Waals surface area contributed by atoms with E-state index in [1.165, 1.54) is 25.2 Å². The van der Waals surface area contributed by atoms with Gasteiger partial charge in [0.05, 0.1) is 5.69 Å². The second kappa shape index (κ2) is 4.71. The lowest BCUT2D eigenvalue weighted by Crippen LogP contribution is -2.37. The third kappa shape index (κ3) is 2.86. The summed E-state index contributed by atoms with van der Waals surface area (Å²) in [5.74, 6) is 0. The van der Waals surface area contributed by atoms with Gasteiger partial charge in [0.15, 0.2) is 0 Å². The molecule has 0 saturated carbocycles. The predicted octanol–water partition coefficient (Wildman–Crippen LogP) is 0.649. The quantitative estimate of drug-likeness (QED) is 0.698. The fraction of sp³-hybridized carbons (Fsp3) is 0.125. The van der Waals surface area contributed by atoms with Gasteiger partial charge in [-0.1, -0.05) is 15.9 Å². The Morgan fingerprint density at radius 3 is 2.56 bits per heavy atom. The van der Waals surface area contributed by atoms with Crippen molar-refractivity contribution in [3.05, 3.63) is 22.7 Å². The van der Waals surface area contributed by atoms with Crippen LogP contribution in [0.1, 0.15) is 0 Å². The van der Waals surface area contributed by atoms with Crippen LogP contribution in [-0.2, 0) is 10.0 Å². The SMILES string of the molecule is CNC(=O)NS(=O)(=O)c1ccc(Br)cc1N. The number of nitrogens with two attached hydrogens (primary N) is 1. The van der Waals surface area contributed by atoms with Gasteiger partial charge in [0.2, 0.25) is 0 Å². The smallest absolute Gasteiger partial charge is 0.328 e. The molecule has 1 aromatic rings. The Hall–Kier alpha value is -1.28. The van der Waals surface area contributed by atoms with Crippen molar-refractivity contribution in [1.29, 1.82) is 0 Å². The lowest BCUT2D eigenvalue weighted by molar-refractivity contribution is 0.248. The van der Waals surface area contributed by atoms with E-state index in [0.29, 0.717) is 4.47 Å². The minimum absolute atomic E-state index is 0.0609. The van der Waals surface area contributed by atoms with E-state index in [9.17, 15) is 13.2 Å². The predicted molar refractivity (Wildman–Crippen MR) is 63.3 cm³/mol. The lowest BCUT2D eigenvalue weighted by Gasteiger charge is -2.08. The molecule has 4 N–H and O–H groups in total. The minimum Gasteiger partial charge on any atom is -0.398 e. The summed E-state index contributed by atoms with van der Waals surface area (Å²) in [4.78, 5) is 10.8. The normalized spacial score (nSPS) is 10.9. The fourth-order valence-electron chi connectivity index (χ4n) is 0.992. The van der Waals surface area contributed by atoms with Crippen molar-refractivity contribution in [2.45, 2.75) is 4.90 Å². The number of carbonyl (C=O) groups excluding carboxylic acids is 1. The van der Waals surface area contributed by atoms with Crippen molar-refractivity contribution in [3.63, 3.8) is 0 Å². The highest BCUT2D eigenvalue weighted by atomic mass is 79.9. The second-order valence-electron chi connectivity index (χ2n) is 2.87. The number of hydrogen-bond acceptors (Lipinski definition) is 4. The van der Waals surface area contributed by atoms with Crippen LogP contribution in [0.25, 0.3) is 0 Å². The van der Waals surface area contributed by atoms with Crippen LogP contribution in [0.2, 0.25) is 0 Å². The van der Waals surface area contributed by atoms with Crippen LogP contribution in [-0.4, -0.2) is 21.5 Å². The molecule has 2 amide bonds. The van der Waals surface area contributed by atoms with Crippen molar-refractivity contribution in [3.8, 4) is 0 Å². The second-order valence-corrected chi connectivity index (χ2v) is 5.43. The first-order valence-electron chi connectivity index (χ1n) is 4.16. The van der Waals surface area contributed by atoms with E-state index in [0.717, 1.165) is 0 Å². The first-order valence-corrected chi connectivity index (χ1v) is 6.44. The molecular formula is C8H10BrN3O3S. The molecule has 88 valence electrons. The van der Waals surface area contributed by atoms with Crippen molar-refractivity contribution < 1.29 is 13.2 Å². The van der Waals surface area contributed by atoms with E-state index in [1.54, 1.807) is 0 Å². The van der Waals surface area contributed by atoms with Crippen LogP contribution in [0.5, 0.6) is 0 Å². The van der Waals surface area contributed by atoms with Crippen molar-refractivity contribution >= 4 is 37.7 Å². The Kier molecular flexibility index (Phi) is 3.76. The van der Waals surface area contributed by atoms with Crippen molar-refractivity contribution in [2.24, 2.45) is 0 Å². The van der Waals surface area contributed by atoms with Gasteiger partial charge in [0, 0.05) is 11.5 Å². The molecule has 0 bridgehead atoms. The number of sulfonamides is 1. The third-order valence-corrected chi connectivity index (χ3v) is 3.61. The number of anilines is 1. The first-order chi connectivity index (χ1) is 7.36. The monoisotopic (exact) mass is 307 g/mol. The zero-order valence-electron chi connectivity index (χ0n) is 8.32. The molecule has 0 aliphatic rings. The maximum atomic E-state index is 11.7. The summed E-state index contributed by atoms with van der Waals surface area (Å²) in [5, 5.41) is 2.14. The van der Waals surface area contributed by atoms with Gasteiger partial charge in [-0.05, 0) is 18.2 Å². The summed E-state index contributed by atoms with van der Waals surface area (Å²) in [7, 11) is -2.61. The summed E-state index contributed by atoms with van der Waals surface area (Å²) < 4.78 is 25.8. The number of carbonyl (C=O) groups is 1. The Morgan fingerprint density at radius 1 is 1.44 bits per heavy atom. The molecule has 0 saturated heterocycles. The average Bonchev–Trinajstić information content (AvgIpc) is 2.16. The largest absolute Gasteiger partial charge is 0.398 e. The van der Waals surface area contributed by atoms with Gasteiger partial charge >= 0.3 is 6.03 Å². The number of urea groups is 1. The van der Waals surface area contributed by atoms with Crippen molar-refractivity contribution in [1.82, 2.24) is 10.0 Å². The fourth-order valence-corrected chi connectivity index (χ4v) is 2.44. The summed E-state index contributed by atoms with van der Waals surface area (Å²) in [5.41, 5.74) is 5.60. The van der Waals surface area contributed by atoms with Gasteiger partial charge in [-0.25, -0.2) is 17.9 Å². The molecule has 6 nitrogen and oxygen atoms in total. The number of hydrogen-bond donors (Lipinski definition) is 3. The molecule has 0 aliphatic carbocycles. The van der Waals surface area contributed by atoms with Crippen LogP contribution in [0.4, 0.5) is 10.5 Å². The number of nitrogen functional groups attached to an aromatic ring is 1. The van der Waals surface area contributed by atoms with Crippen LogP contribution in [0.15, 0.2) is 27.6 Å². The highest BCUT2D eigenvalue weighted by Crippen LogP contribution is 2.22. The molecule has 16 heavy (non-hydrogen) atoms. The summed E-state index contributed by atoms with van der Waals surface area (Å²) >= 11 is 3.15. The molecule has 0 fully saturated rings. The molecule has 0 spiro atoms. The number of benzene rings is 1. The van der Waals surface area contributed by atoms with E-state index < -0.39 is 16.1 Å². The molecular weight excluding hydrogens is 298 g/mol. The van der Waals surface area contributed by atoms with Gasteiger partial charge in [-0.2, -0.15) is 0 Å². The van der Waals surface area contributed by atoms with E-state index in [-0.39, 0.29) is 10.6 Å². The van der Waals surface area contributed by atoms with Gasteiger partial charge in [0.1, 0.15) is 4.90 Å². The number of halogens is 1. The zero-order valence-corrected chi connectivity index (χ0v) is 10.7. The lowest BCUT2D eigenvalue weighted by atomic mass is 10.3. The molecule has 0 aromatic heterocycles. The summed E-state index contributed by atoms with van der Waals surface area (Å²) in [6.45, 7) is 0. The van der Waals surface area contributed by atoms with Crippen LogP contribution in [0, 0.1) is 0 Å². The molecule has 1 aromatic carbocycles. The molecule has 0 aliphatic heterocycles. The van der Waals surface area contributed by atoms with Gasteiger partial charge in [-0.15, -0.1) is 0 Å². The van der Waals surface area contributed by atoms with Gasteiger partial charge in [-0.3, -0.25) is 0 Å². The molecule has 0 unspecified atom stereocenters. The standard InChI is InChI=1S/C8H10BrN3O3S/c1-11-8(13)12-16(14,15)7-3-2-5(9)4-6(7)10/h2-4H,10H2,1H3,(H2,11,12,13). The third-order valence-electron chi connectivity index (χ3n) is 1.72. The maximum absolute atomic E-state index is 11.7. The highest BCUT2D eigenvalue weighted by Gasteiger charge is 2.19. The van der Waals surface area contributed by atoms with E-state index in [1.807, 2.05) is 4.72 Å². The van der Waals surface area contributed by atoms with E-state index in [4.69, 9.17) is 5.73 Å². The summed E-state index contributed by atoms with van der Waals surface area (Å²) in [6, 6.07) is 3.46. The van der Waals surface area contributed by atoms with Gasteiger partial charge < -0.3 is 11.1 Å². The number of rotatable bonds is 2. The van der Waals surface area contributed by atoms with E-state index >= 15 is 0 Å². The van der Waals surface area contributed by atoms with Gasteiger partial charge in [0.25, 0.3) is 10.0 Å². The molecule has 0 heterocycles. The van der Waals surface area contributed by atoms with E-state index in [2.05, 4.69) is 21.2 Å². The highest BCUT2D eigenvalue weighted by molar-refractivity contribution is 9.10. The molecule has 0 atom stereocenters. The Morgan fingerprint density at radius 2 is 2.06 bits per heavy atom. The summed E-state index contributed by atoms with van der Waals surface area (Å²) in [6.07, 6.45) is 0. The number of nitrogens with one attached hydrogen (secondary N) is 2. The Labute approximate surface area is 101 Å². The molecule has 1 rings (SSSR count). The maximum Gasteiger partial charge on any atom is 0.328 e.